The van der Waals surface area contributed by atoms with Crippen LogP contribution in [0.3, 0.4) is 0 Å². The molecule has 2 unspecified atom stereocenters. The summed E-state index contributed by atoms with van der Waals surface area (Å²) in [6.45, 7) is 1.68. The van der Waals surface area contributed by atoms with Gasteiger partial charge in [-0.25, -0.2) is 9.97 Å². The van der Waals surface area contributed by atoms with Gasteiger partial charge in [-0.15, -0.1) is 0 Å². The Morgan fingerprint density at radius 3 is 2.52 bits per heavy atom. The maximum Gasteiger partial charge on any atom is 0.274 e. The van der Waals surface area contributed by atoms with Gasteiger partial charge in [0.1, 0.15) is 0 Å². The first kappa shape index (κ1) is 15.2. The molecule has 1 aromatic heterocycles. The van der Waals surface area contributed by atoms with E-state index in [-0.39, 0.29) is 11.5 Å². The van der Waals surface area contributed by atoms with Gasteiger partial charge in [0, 0.05) is 17.4 Å². The molecule has 110 valence electrons. The Bertz CT molecular complexity index is 633. The Hall–Kier alpha value is -2.18. The molecule has 0 radical (unpaired) electrons. The summed E-state index contributed by atoms with van der Waals surface area (Å²) in [7, 11) is 0. The molecule has 1 aromatic carbocycles. The van der Waals surface area contributed by atoms with Crippen molar-refractivity contribution in [1.82, 2.24) is 15.3 Å². The van der Waals surface area contributed by atoms with Gasteiger partial charge in [0.2, 0.25) is 0 Å². The Kier molecular flexibility index (Phi) is 4.72. The van der Waals surface area contributed by atoms with Crippen molar-refractivity contribution < 1.29 is 9.90 Å². The van der Waals surface area contributed by atoms with Crippen molar-refractivity contribution in [2.75, 3.05) is 5.73 Å². The summed E-state index contributed by atoms with van der Waals surface area (Å²) in [5.41, 5.74) is 6.28. The molecule has 0 bridgehead atoms. The molecule has 21 heavy (non-hydrogen) atoms. The molecule has 0 spiro atoms. The SMILES string of the molecule is CC(NC(=O)c1nccnc1N)C(O)c1ccc(Cl)cc1. The quantitative estimate of drug-likeness (QED) is 0.796. The minimum Gasteiger partial charge on any atom is -0.386 e. The Balaban J connectivity index is 2.07. The van der Waals surface area contributed by atoms with Crippen molar-refractivity contribution in [3.63, 3.8) is 0 Å². The molecule has 2 aromatic rings. The van der Waals surface area contributed by atoms with Crippen LogP contribution in [0.2, 0.25) is 5.02 Å². The first-order valence-electron chi connectivity index (χ1n) is 6.30. The van der Waals surface area contributed by atoms with Gasteiger partial charge in [-0.05, 0) is 24.6 Å². The summed E-state index contributed by atoms with van der Waals surface area (Å²) in [5, 5.41) is 13.4. The van der Waals surface area contributed by atoms with E-state index < -0.39 is 18.1 Å². The number of carbonyl (C=O) groups excluding carboxylic acids is 1. The van der Waals surface area contributed by atoms with E-state index in [0.29, 0.717) is 10.6 Å². The fraction of sp³-hybridized carbons (Fsp3) is 0.214. The lowest BCUT2D eigenvalue weighted by molar-refractivity contribution is 0.0848. The number of nitrogens with one attached hydrogen (secondary N) is 1. The molecule has 0 fully saturated rings. The zero-order valence-corrected chi connectivity index (χ0v) is 12.1. The molecule has 1 amide bonds. The summed E-state index contributed by atoms with van der Waals surface area (Å²) in [4.78, 5) is 19.7. The van der Waals surface area contributed by atoms with Gasteiger partial charge >= 0.3 is 0 Å². The lowest BCUT2D eigenvalue weighted by Gasteiger charge is -2.20. The second-order valence-electron chi connectivity index (χ2n) is 4.55. The number of amides is 1. The van der Waals surface area contributed by atoms with E-state index in [0.717, 1.165) is 0 Å². The van der Waals surface area contributed by atoms with E-state index in [1.54, 1.807) is 31.2 Å². The maximum absolute atomic E-state index is 12.0. The van der Waals surface area contributed by atoms with Gasteiger partial charge in [-0.3, -0.25) is 4.79 Å². The van der Waals surface area contributed by atoms with Crippen molar-refractivity contribution in [2.45, 2.75) is 19.1 Å². The minimum absolute atomic E-state index is 0.0349. The average molecular weight is 307 g/mol. The summed E-state index contributed by atoms with van der Waals surface area (Å²) in [5.74, 6) is -0.440. The normalized spacial score (nSPS) is 13.5. The number of aliphatic hydroxyl groups is 1. The third kappa shape index (κ3) is 3.68. The van der Waals surface area contributed by atoms with Crippen molar-refractivity contribution in [3.8, 4) is 0 Å². The third-order valence-electron chi connectivity index (χ3n) is 2.99. The second kappa shape index (κ2) is 6.51. The summed E-state index contributed by atoms with van der Waals surface area (Å²) < 4.78 is 0. The van der Waals surface area contributed by atoms with Gasteiger partial charge in [-0.2, -0.15) is 0 Å². The number of aromatic nitrogens is 2. The number of rotatable bonds is 4. The zero-order valence-electron chi connectivity index (χ0n) is 11.3. The molecule has 7 heteroatoms. The zero-order chi connectivity index (χ0) is 15.4. The molecule has 0 aliphatic carbocycles. The molecule has 1 heterocycles. The largest absolute Gasteiger partial charge is 0.386 e. The maximum atomic E-state index is 12.0. The van der Waals surface area contributed by atoms with Crippen LogP contribution in [0.15, 0.2) is 36.7 Å². The highest BCUT2D eigenvalue weighted by molar-refractivity contribution is 6.30. The highest BCUT2D eigenvalue weighted by Gasteiger charge is 2.21. The van der Waals surface area contributed by atoms with Crippen LogP contribution in [0.1, 0.15) is 29.1 Å². The first-order chi connectivity index (χ1) is 9.99. The number of benzene rings is 1. The van der Waals surface area contributed by atoms with Gasteiger partial charge in [-0.1, -0.05) is 23.7 Å². The number of hydrogen-bond donors (Lipinski definition) is 3. The van der Waals surface area contributed by atoms with Crippen LogP contribution in [0.4, 0.5) is 5.82 Å². The van der Waals surface area contributed by atoms with Crippen molar-refractivity contribution in [1.29, 1.82) is 0 Å². The molecule has 6 nitrogen and oxygen atoms in total. The minimum atomic E-state index is -0.871. The molecular formula is C14H15ClN4O2. The van der Waals surface area contributed by atoms with Gasteiger partial charge in [0.05, 0.1) is 12.1 Å². The van der Waals surface area contributed by atoms with Crippen molar-refractivity contribution >= 4 is 23.3 Å². The number of nitrogens with zero attached hydrogens (tertiary/aromatic N) is 2. The van der Waals surface area contributed by atoms with Gasteiger partial charge in [0.25, 0.3) is 5.91 Å². The number of nitrogen functional groups attached to an aromatic ring is 1. The number of anilines is 1. The molecule has 4 N–H and O–H groups in total. The lowest BCUT2D eigenvalue weighted by Crippen LogP contribution is -2.37. The lowest BCUT2D eigenvalue weighted by atomic mass is 10.0. The van der Waals surface area contributed by atoms with E-state index in [9.17, 15) is 9.90 Å². The highest BCUT2D eigenvalue weighted by atomic mass is 35.5. The van der Waals surface area contributed by atoms with Crippen LogP contribution in [-0.2, 0) is 0 Å². The number of nitrogens with two attached hydrogens (primary N) is 1. The molecule has 2 rings (SSSR count). The van der Waals surface area contributed by atoms with Crippen LogP contribution >= 0.6 is 11.6 Å². The highest BCUT2D eigenvalue weighted by Crippen LogP contribution is 2.19. The number of hydrogen-bond acceptors (Lipinski definition) is 5. The molecule has 0 saturated heterocycles. The van der Waals surface area contributed by atoms with Gasteiger partial charge in [0.15, 0.2) is 11.5 Å². The third-order valence-corrected chi connectivity index (χ3v) is 3.24. The predicted octanol–water partition coefficient (Wildman–Crippen LogP) is 1.56. The molecular weight excluding hydrogens is 292 g/mol. The Morgan fingerprint density at radius 1 is 1.29 bits per heavy atom. The smallest absolute Gasteiger partial charge is 0.274 e. The molecule has 2 atom stereocenters. The monoisotopic (exact) mass is 306 g/mol. The fourth-order valence-corrected chi connectivity index (χ4v) is 1.95. The van der Waals surface area contributed by atoms with E-state index in [4.69, 9.17) is 17.3 Å². The summed E-state index contributed by atoms with van der Waals surface area (Å²) in [6, 6.07) is 6.23. The summed E-state index contributed by atoms with van der Waals surface area (Å²) in [6.07, 6.45) is 1.91. The predicted molar refractivity (Wildman–Crippen MR) is 79.8 cm³/mol. The number of carbonyl (C=O) groups is 1. The van der Waals surface area contributed by atoms with Crippen molar-refractivity contribution in [2.24, 2.45) is 0 Å². The standard InChI is InChI=1S/C14H15ClN4O2/c1-8(12(20)9-2-4-10(15)5-3-9)19-14(21)11-13(16)18-7-6-17-11/h2-8,12,20H,1H3,(H2,16,18)(H,19,21). The number of halogens is 1. The van der Waals surface area contributed by atoms with Crippen LogP contribution in [-0.4, -0.2) is 27.0 Å². The van der Waals surface area contributed by atoms with Crippen LogP contribution < -0.4 is 11.1 Å². The van der Waals surface area contributed by atoms with Crippen molar-refractivity contribution in [3.05, 3.63) is 52.9 Å². The number of aliphatic hydroxyl groups excluding tert-OH is 1. The topological polar surface area (TPSA) is 101 Å². The molecule has 0 aliphatic heterocycles. The van der Waals surface area contributed by atoms with Crippen LogP contribution in [0.5, 0.6) is 0 Å². The van der Waals surface area contributed by atoms with E-state index in [2.05, 4.69) is 15.3 Å². The fourth-order valence-electron chi connectivity index (χ4n) is 1.83. The first-order valence-corrected chi connectivity index (χ1v) is 6.67. The second-order valence-corrected chi connectivity index (χ2v) is 4.99. The average Bonchev–Trinajstić information content (AvgIpc) is 2.47. The van der Waals surface area contributed by atoms with E-state index in [1.165, 1.54) is 12.4 Å². The molecule has 0 aliphatic rings. The summed E-state index contributed by atoms with van der Waals surface area (Å²) >= 11 is 5.80. The Labute approximate surface area is 127 Å². The van der Waals surface area contributed by atoms with Gasteiger partial charge < -0.3 is 16.2 Å². The van der Waals surface area contributed by atoms with Crippen LogP contribution in [0.25, 0.3) is 0 Å². The van der Waals surface area contributed by atoms with E-state index >= 15 is 0 Å². The van der Waals surface area contributed by atoms with Crippen LogP contribution in [0, 0.1) is 0 Å². The van der Waals surface area contributed by atoms with E-state index in [1.807, 2.05) is 0 Å². The molecule has 0 saturated carbocycles. The Morgan fingerprint density at radius 2 is 1.90 bits per heavy atom.